The Hall–Kier alpha value is -0.930. The lowest BCUT2D eigenvalue weighted by atomic mass is 9.66. The number of fused-ring (bicyclic) bond motifs is 2. The van der Waals surface area contributed by atoms with E-state index in [2.05, 4.69) is 34.6 Å². The molecule has 92 valence electrons. The molecule has 1 spiro atoms. The van der Waals surface area contributed by atoms with Crippen LogP contribution < -0.4 is 11.1 Å². The van der Waals surface area contributed by atoms with E-state index < -0.39 is 0 Å². The maximum atomic E-state index is 5.93. The summed E-state index contributed by atoms with van der Waals surface area (Å²) in [6.07, 6.45) is 17.4. The molecule has 1 aliphatic heterocycles. The van der Waals surface area contributed by atoms with Crippen LogP contribution in [-0.2, 0) is 0 Å². The predicted molar refractivity (Wildman–Crippen MR) is 70.7 cm³/mol. The summed E-state index contributed by atoms with van der Waals surface area (Å²) in [6, 6.07) is 0.422. The quantitative estimate of drug-likeness (QED) is 0.669. The molecule has 3 unspecified atom stereocenters. The highest BCUT2D eigenvalue weighted by Crippen LogP contribution is 2.44. The molecule has 0 amide bonds. The Balaban J connectivity index is 1.94. The van der Waals surface area contributed by atoms with Crippen LogP contribution >= 0.6 is 0 Å². The second kappa shape index (κ2) is 4.39. The molecule has 0 aromatic carbocycles. The molecular formula is C14H21N3. The number of aliphatic imine (C=N–C) groups is 1. The summed E-state index contributed by atoms with van der Waals surface area (Å²) in [5.41, 5.74) is 6.21. The van der Waals surface area contributed by atoms with Gasteiger partial charge in [0.25, 0.3) is 0 Å². The molecule has 0 radical (unpaired) electrons. The highest BCUT2D eigenvalue weighted by atomic mass is 15.2. The zero-order valence-electron chi connectivity index (χ0n) is 10.2. The van der Waals surface area contributed by atoms with Gasteiger partial charge in [-0.2, -0.15) is 0 Å². The SMILES string of the molecule is NC1N=CC2C=CC=CC3(CCCCC3)C2N1. The number of hydrogen-bond acceptors (Lipinski definition) is 3. The van der Waals surface area contributed by atoms with E-state index >= 15 is 0 Å². The molecule has 3 N–H and O–H groups in total. The van der Waals surface area contributed by atoms with E-state index in [4.69, 9.17) is 5.73 Å². The molecule has 1 fully saturated rings. The summed E-state index contributed by atoms with van der Waals surface area (Å²) in [5, 5.41) is 3.50. The van der Waals surface area contributed by atoms with Crippen LogP contribution in [0.1, 0.15) is 32.1 Å². The number of rotatable bonds is 0. The summed E-state index contributed by atoms with van der Waals surface area (Å²) in [6.45, 7) is 0. The Labute approximate surface area is 103 Å². The minimum absolute atomic E-state index is 0.227. The standard InChI is InChI=1S/C14H21N3/c15-13-16-10-11-6-2-5-9-14(12(11)17-13)7-3-1-4-8-14/h2,5-6,9-13,17H,1,3-4,7-8,15H2. The Bertz CT molecular complexity index is 364. The molecule has 3 rings (SSSR count). The summed E-state index contributed by atoms with van der Waals surface area (Å²) in [7, 11) is 0. The van der Waals surface area contributed by atoms with Gasteiger partial charge in [-0.15, -0.1) is 0 Å². The van der Waals surface area contributed by atoms with Gasteiger partial charge in [0.05, 0.1) is 0 Å². The first-order valence-electron chi connectivity index (χ1n) is 6.71. The third-order valence-corrected chi connectivity index (χ3v) is 4.43. The van der Waals surface area contributed by atoms with Crippen LogP contribution in [0, 0.1) is 11.3 Å². The van der Waals surface area contributed by atoms with Crippen molar-refractivity contribution in [2.24, 2.45) is 22.1 Å². The minimum atomic E-state index is -0.227. The van der Waals surface area contributed by atoms with Crippen LogP contribution in [0.5, 0.6) is 0 Å². The predicted octanol–water partition coefficient (Wildman–Crippen LogP) is 1.96. The van der Waals surface area contributed by atoms with Crippen molar-refractivity contribution in [2.75, 3.05) is 0 Å². The molecule has 3 heteroatoms. The van der Waals surface area contributed by atoms with Gasteiger partial charge in [0, 0.05) is 23.6 Å². The Morgan fingerprint density at radius 3 is 2.82 bits per heavy atom. The van der Waals surface area contributed by atoms with Gasteiger partial charge in [0.15, 0.2) is 6.29 Å². The van der Waals surface area contributed by atoms with E-state index in [-0.39, 0.29) is 11.7 Å². The normalized spacial score (nSPS) is 39.0. The van der Waals surface area contributed by atoms with Crippen molar-refractivity contribution < 1.29 is 0 Å². The van der Waals surface area contributed by atoms with Gasteiger partial charge in [0.1, 0.15) is 0 Å². The molecule has 3 aliphatic rings. The van der Waals surface area contributed by atoms with Crippen LogP contribution in [-0.4, -0.2) is 18.5 Å². The smallest absolute Gasteiger partial charge is 0.150 e. The van der Waals surface area contributed by atoms with Crippen molar-refractivity contribution >= 4 is 6.21 Å². The second-order valence-corrected chi connectivity index (χ2v) is 5.50. The van der Waals surface area contributed by atoms with Crippen molar-refractivity contribution in [3.63, 3.8) is 0 Å². The van der Waals surface area contributed by atoms with Gasteiger partial charge in [-0.1, -0.05) is 43.6 Å². The van der Waals surface area contributed by atoms with Gasteiger partial charge in [-0.25, -0.2) is 0 Å². The van der Waals surface area contributed by atoms with Crippen LogP contribution in [0.15, 0.2) is 29.3 Å². The fourth-order valence-electron chi connectivity index (χ4n) is 3.56. The molecule has 0 bridgehead atoms. The first-order chi connectivity index (χ1) is 8.30. The van der Waals surface area contributed by atoms with E-state index in [1.54, 1.807) is 0 Å². The molecule has 3 nitrogen and oxygen atoms in total. The molecule has 1 saturated carbocycles. The number of nitrogens with two attached hydrogens (primary N) is 1. The van der Waals surface area contributed by atoms with Crippen LogP contribution in [0.4, 0.5) is 0 Å². The summed E-state index contributed by atoms with van der Waals surface area (Å²) < 4.78 is 0. The lowest BCUT2D eigenvalue weighted by molar-refractivity contribution is 0.152. The number of nitrogens with one attached hydrogen (secondary N) is 1. The summed E-state index contributed by atoms with van der Waals surface area (Å²) in [5.74, 6) is 0.392. The fraction of sp³-hybridized carbons (Fsp3) is 0.643. The molecule has 0 aromatic rings. The molecular weight excluding hydrogens is 210 g/mol. The van der Waals surface area contributed by atoms with E-state index in [1.165, 1.54) is 32.1 Å². The molecule has 3 atom stereocenters. The van der Waals surface area contributed by atoms with Gasteiger partial charge >= 0.3 is 0 Å². The largest absolute Gasteiger partial charge is 0.297 e. The third-order valence-electron chi connectivity index (χ3n) is 4.43. The minimum Gasteiger partial charge on any atom is -0.297 e. The van der Waals surface area contributed by atoms with Crippen molar-refractivity contribution in [1.29, 1.82) is 0 Å². The van der Waals surface area contributed by atoms with Gasteiger partial charge in [-0.3, -0.25) is 16.0 Å². The molecule has 2 aliphatic carbocycles. The monoisotopic (exact) mass is 231 g/mol. The number of hydrogen-bond donors (Lipinski definition) is 2. The van der Waals surface area contributed by atoms with E-state index in [0.717, 1.165) is 0 Å². The van der Waals surface area contributed by atoms with Crippen molar-refractivity contribution in [3.05, 3.63) is 24.3 Å². The topological polar surface area (TPSA) is 50.4 Å². The summed E-state index contributed by atoms with van der Waals surface area (Å²) >= 11 is 0. The van der Waals surface area contributed by atoms with E-state index in [0.29, 0.717) is 12.0 Å². The maximum Gasteiger partial charge on any atom is 0.150 e. The molecule has 17 heavy (non-hydrogen) atoms. The van der Waals surface area contributed by atoms with E-state index in [1.807, 2.05) is 6.21 Å². The first kappa shape index (κ1) is 11.2. The molecule has 0 saturated heterocycles. The Morgan fingerprint density at radius 1 is 1.18 bits per heavy atom. The average Bonchev–Trinajstić information content (AvgIpc) is 2.52. The third kappa shape index (κ3) is 1.98. The van der Waals surface area contributed by atoms with Gasteiger partial charge in [0.2, 0.25) is 0 Å². The van der Waals surface area contributed by atoms with Crippen molar-refractivity contribution in [3.8, 4) is 0 Å². The second-order valence-electron chi connectivity index (χ2n) is 5.50. The first-order valence-corrected chi connectivity index (χ1v) is 6.71. The van der Waals surface area contributed by atoms with Gasteiger partial charge < -0.3 is 0 Å². The Morgan fingerprint density at radius 2 is 2.00 bits per heavy atom. The molecule has 1 heterocycles. The fourth-order valence-corrected chi connectivity index (χ4v) is 3.56. The summed E-state index contributed by atoms with van der Waals surface area (Å²) in [4.78, 5) is 4.30. The van der Waals surface area contributed by atoms with Crippen LogP contribution in [0.3, 0.4) is 0 Å². The highest BCUT2D eigenvalue weighted by Gasteiger charge is 2.42. The average molecular weight is 231 g/mol. The maximum absolute atomic E-state index is 5.93. The van der Waals surface area contributed by atoms with Gasteiger partial charge in [-0.05, 0) is 12.8 Å². The number of nitrogens with zero attached hydrogens (tertiary/aromatic N) is 1. The zero-order chi connectivity index (χ0) is 11.7. The Kier molecular flexibility index (Phi) is 2.89. The van der Waals surface area contributed by atoms with Crippen molar-refractivity contribution in [1.82, 2.24) is 5.32 Å². The van der Waals surface area contributed by atoms with Crippen molar-refractivity contribution in [2.45, 2.75) is 44.4 Å². The lowest BCUT2D eigenvalue weighted by Gasteiger charge is -2.45. The van der Waals surface area contributed by atoms with Crippen LogP contribution in [0.25, 0.3) is 0 Å². The van der Waals surface area contributed by atoms with E-state index in [9.17, 15) is 0 Å². The molecule has 0 aromatic heterocycles. The number of allylic oxidation sites excluding steroid dienone is 2. The lowest BCUT2D eigenvalue weighted by Crippen LogP contribution is -2.57. The van der Waals surface area contributed by atoms with Crippen LogP contribution in [0.2, 0.25) is 0 Å². The highest BCUT2D eigenvalue weighted by molar-refractivity contribution is 5.66. The zero-order valence-corrected chi connectivity index (χ0v) is 10.2.